The minimum Gasteiger partial charge on any atom is -0.454 e. The minimum atomic E-state index is 0.573. The number of rotatable bonds is 1. The highest BCUT2D eigenvalue weighted by Crippen LogP contribution is 2.39. The molecule has 0 N–H and O–H groups in total. The van der Waals surface area contributed by atoms with Crippen LogP contribution < -0.4 is 4.57 Å². The van der Waals surface area contributed by atoms with E-state index in [1.807, 2.05) is 37.5 Å². The van der Waals surface area contributed by atoms with Gasteiger partial charge in [-0.2, -0.15) is 5.26 Å². The van der Waals surface area contributed by atoms with Gasteiger partial charge in [-0.3, -0.25) is 0 Å². The highest BCUT2D eigenvalue weighted by molar-refractivity contribution is 6.12. The Bertz CT molecular complexity index is 1150. The summed E-state index contributed by atoms with van der Waals surface area (Å²) in [5, 5.41) is 11.5. The molecule has 4 rings (SSSR count). The van der Waals surface area contributed by atoms with E-state index in [2.05, 4.69) is 36.6 Å². The zero-order valence-corrected chi connectivity index (χ0v) is 13.9. The average Bonchev–Trinajstić information content (AvgIpc) is 2.96. The molecule has 2 aromatic carbocycles. The lowest BCUT2D eigenvalue weighted by Crippen LogP contribution is -2.30. The molecule has 0 spiro atoms. The van der Waals surface area contributed by atoms with E-state index in [-0.39, 0.29) is 0 Å². The summed E-state index contributed by atoms with van der Waals surface area (Å²) in [4.78, 5) is 0. The van der Waals surface area contributed by atoms with Gasteiger partial charge in [0, 0.05) is 22.9 Å². The number of hydrogen-bond donors (Lipinski definition) is 0. The fourth-order valence-electron chi connectivity index (χ4n) is 3.52. The maximum Gasteiger partial charge on any atom is 0.216 e. The quantitative estimate of drug-likeness (QED) is 0.483. The molecule has 0 aliphatic rings. The van der Waals surface area contributed by atoms with Crippen molar-refractivity contribution in [2.24, 2.45) is 7.05 Å². The van der Waals surface area contributed by atoms with E-state index < -0.39 is 0 Å². The Kier molecular flexibility index (Phi) is 3.14. The van der Waals surface area contributed by atoms with Gasteiger partial charge in [-0.1, -0.05) is 18.2 Å². The number of nitriles is 1. The third-order valence-electron chi connectivity index (χ3n) is 4.60. The Morgan fingerprint density at radius 3 is 2.58 bits per heavy atom. The van der Waals surface area contributed by atoms with E-state index in [0.717, 1.165) is 27.6 Å². The molecule has 24 heavy (non-hydrogen) atoms. The van der Waals surface area contributed by atoms with Crippen LogP contribution in [0.5, 0.6) is 0 Å². The molecule has 0 aliphatic carbocycles. The summed E-state index contributed by atoms with van der Waals surface area (Å²) in [5.74, 6) is 0. The molecule has 3 nitrogen and oxygen atoms in total. The van der Waals surface area contributed by atoms with E-state index in [0.29, 0.717) is 11.1 Å². The zero-order chi connectivity index (χ0) is 16.8. The fourth-order valence-corrected chi connectivity index (χ4v) is 3.52. The molecule has 0 unspecified atom stereocenters. The average molecular weight is 313 g/mol. The van der Waals surface area contributed by atoms with Gasteiger partial charge in [-0.05, 0) is 37.1 Å². The molecule has 0 saturated carbocycles. The summed E-state index contributed by atoms with van der Waals surface area (Å²) in [5.41, 5.74) is 6.61. The third-order valence-corrected chi connectivity index (χ3v) is 4.60. The van der Waals surface area contributed by atoms with Gasteiger partial charge in [0.1, 0.15) is 18.7 Å². The number of pyridine rings is 1. The number of para-hydroxylation sites is 1. The Labute approximate surface area is 140 Å². The molecule has 4 aromatic rings. The van der Waals surface area contributed by atoms with Crippen molar-refractivity contribution < 1.29 is 8.98 Å². The Balaban J connectivity index is 2.24. The van der Waals surface area contributed by atoms with Crippen LogP contribution in [0.25, 0.3) is 33.2 Å². The van der Waals surface area contributed by atoms with Crippen molar-refractivity contribution in [3.63, 3.8) is 0 Å². The first kappa shape index (κ1) is 14.5. The molecule has 0 aliphatic heterocycles. The lowest BCUT2D eigenvalue weighted by Gasteiger charge is -2.07. The topological polar surface area (TPSA) is 40.8 Å². The molecule has 2 heterocycles. The number of furan rings is 1. The number of fused-ring (bicyclic) bond motifs is 3. The smallest absolute Gasteiger partial charge is 0.216 e. The van der Waals surface area contributed by atoms with Gasteiger partial charge in [-0.25, -0.2) is 4.57 Å². The van der Waals surface area contributed by atoms with Crippen molar-refractivity contribution in [1.82, 2.24) is 0 Å². The molecule has 0 radical (unpaired) electrons. The second-order valence-electron chi connectivity index (χ2n) is 6.18. The predicted octanol–water partition coefficient (Wildman–Crippen LogP) is 4.57. The maximum absolute atomic E-state index is 9.40. The van der Waals surface area contributed by atoms with Gasteiger partial charge in [0.15, 0.2) is 11.8 Å². The predicted molar refractivity (Wildman–Crippen MR) is 94.5 cm³/mol. The molecular formula is C21H17N2O+. The van der Waals surface area contributed by atoms with Gasteiger partial charge < -0.3 is 4.42 Å². The lowest BCUT2D eigenvalue weighted by atomic mass is 9.96. The first-order valence-electron chi connectivity index (χ1n) is 7.92. The van der Waals surface area contributed by atoms with Crippen LogP contribution in [0.15, 0.2) is 53.1 Å². The van der Waals surface area contributed by atoms with Gasteiger partial charge >= 0.3 is 0 Å². The van der Waals surface area contributed by atoms with E-state index in [4.69, 9.17) is 4.42 Å². The van der Waals surface area contributed by atoms with Crippen molar-refractivity contribution in [2.45, 2.75) is 13.8 Å². The first-order chi connectivity index (χ1) is 11.6. The van der Waals surface area contributed by atoms with Gasteiger partial charge in [0.2, 0.25) is 5.69 Å². The second kappa shape index (κ2) is 5.21. The highest BCUT2D eigenvalue weighted by Gasteiger charge is 2.22. The summed E-state index contributed by atoms with van der Waals surface area (Å²) >= 11 is 0. The summed E-state index contributed by atoms with van der Waals surface area (Å²) in [7, 11) is 2.03. The van der Waals surface area contributed by atoms with Gasteiger partial charge in [-0.15, -0.1) is 0 Å². The molecule has 0 fully saturated rings. The summed E-state index contributed by atoms with van der Waals surface area (Å²) in [6, 6.07) is 16.3. The van der Waals surface area contributed by atoms with E-state index in [1.165, 1.54) is 11.1 Å². The van der Waals surface area contributed by atoms with E-state index >= 15 is 0 Å². The highest BCUT2D eigenvalue weighted by atomic mass is 16.3. The molecule has 3 heteroatoms. The SMILES string of the molecule is Cc1cc(C)c2c(oc3c(C#N)cccc32)c1-c1cccc[n+]1C. The van der Waals surface area contributed by atoms with E-state index in [9.17, 15) is 5.26 Å². The van der Waals surface area contributed by atoms with Crippen molar-refractivity contribution in [2.75, 3.05) is 0 Å². The molecule has 0 saturated heterocycles. The van der Waals surface area contributed by atoms with E-state index in [1.54, 1.807) is 6.07 Å². The number of aromatic nitrogens is 1. The molecular weight excluding hydrogens is 296 g/mol. The maximum atomic E-state index is 9.40. The lowest BCUT2D eigenvalue weighted by molar-refractivity contribution is -0.660. The fraction of sp³-hybridized carbons (Fsp3) is 0.143. The van der Waals surface area contributed by atoms with Crippen LogP contribution in [-0.4, -0.2) is 0 Å². The van der Waals surface area contributed by atoms with Crippen LogP contribution in [0.1, 0.15) is 16.7 Å². The van der Waals surface area contributed by atoms with Crippen LogP contribution in [0.3, 0.4) is 0 Å². The molecule has 0 atom stereocenters. The normalized spacial score (nSPS) is 11.1. The summed E-state index contributed by atoms with van der Waals surface area (Å²) in [6.07, 6.45) is 2.03. The minimum absolute atomic E-state index is 0.573. The van der Waals surface area contributed by atoms with Crippen molar-refractivity contribution in [3.8, 4) is 17.3 Å². The third kappa shape index (κ3) is 1.93. The van der Waals surface area contributed by atoms with Gasteiger partial charge in [0.25, 0.3) is 0 Å². The standard InChI is InChI=1S/C21H17N2O/c1-13-11-14(2)19(17-9-4-5-10-23(17)3)21-18(13)16-8-6-7-15(12-22)20(16)24-21/h4-11H,1-3H3/q+1. The molecule has 116 valence electrons. The monoisotopic (exact) mass is 313 g/mol. The first-order valence-corrected chi connectivity index (χ1v) is 7.92. The van der Waals surface area contributed by atoms with Crippen LogP contribution in [-0.2, 0) is 7.05 Å². The Morgan fingerprint density at radius 1 is 1.00 bits per heavy atom. The zero-order valence-electron chi connectivity index (χ0n) is 13.9. The molecule has 0 bridgehead atoms. The molecule has 0 amide bonds. The van der Waals surface area contributed by atoms with Crippen LogP contribution >= 0.6 is 0 Å². The van der Waals surface area contributed by atoms with Gasteiger partial charge in [0.05, 0.1) is 11.1 Å². The number of hydrogen-bond acceptors (Lipinski definition) is 2. The van der Waals surface area contributed by atoms with Crippen molar-refractivity contribution in [3.05, 3.63) is 65.4 Å². The van der Waals surface area contributed by atoms with Crippen LogP contribution in [0.2, 0.25) is 0 Å². The van der Waals surface area contributed by atoms with Crippen molar-refractivity contribution >= 4 is 21.9 Å². The Hall–Kier alpha value is -3.12. The second-order valence-corrected chi connectivity index (χ2v) is 6.18. The Morgan fingerprint density at radius 2 is 1.83 bits per heavy atom. The summed E-state index contributed by atoms with van der Waals surface area (Å²) < 4.78 is 8.33. The number of benzene rings is 2. The number of aryl methyl sites for hydroxylation is 3. The van der Waals surface area contributed by atoms with Crippen molar-refractivity contribution in [1.29, 1.82) is 5.26 Å². The summed E-state index contributed by atoms with van der Waals surface area (Å²) in [6.45, 7) is 4.20. The van der Waals surface area contributed by atoms with Crippen LogP contribution in [0, 0.1) is 25.2 Å². The van der Waals surface area contributed by atoms with Crippen LogP contribution in [0.4, 0.5) is 0 Å². The number of nitrogens with zero attached hydrogens (tertiary/aromatic N) is 2. The largest absolute Gasteiger partial charge is 0.454 e. The molecule has 2 aromatic heterocycles.